The second-order valence-corrected chi connectivity index (χ2v) is 8.75. The van der Waals surface area contributed by atoms with E-state index in [9.17, 15) is 13.2 Å². The van der Waals surface area contributed by atoms with Crippen LogP contribution in [0.1, 0.15) is 27.4 Å². The summed E-state index contributed by atoms with van der Waals surface area (Å²) in [7, 11) is -3.71. The first-order valence-corrected chi connectivity index (χ1v) is 11.1. The van der Waals surface area contributed by atoms with Crippen LogP contribution in [0.2, 0.25) is 0 Å². The third-order valence-electron chi connectivity index (χ3n) is 3.89. The van der Waals surface area contributed by atoms with E-state index in [-0.39, 0.29) is 10.8 Å². The first kappa shape index (κ1) is 20.8. The molecule has 11 heteroatoms. The van der Waals surface area contributed by atoms with Gasteiger partial charge >= 0.3 is 0 Å². The van der Waals surface area contributed by atoms with Gasteiger partial charge in [0.05, 0.1) is 4.90 Å². The number of carbonyl (C=O) groups excluding carboxylic acids is 1. The maximum atomic E-state index is 12.3. The minimum absolute atomic E-state index is 0.0561. The van der Waals surface area contributed by atoms with Gasteiger partial charge in [-0.05, 0) is 44.0 Å². The normalized spacial score (nSPS) is 11.3. The number of aromatic nitrogens is 3. The quantitative estimate of drug-likeness (QED) is 0.518. The average molecular weight is 433 g/mol. The Kier molecular flexibility index (Phi) is 6.20. The molecule has 0 aliphatic heterocycles. The molecule has 29 heavy (non-hydrogen) atoms. The zero-order chi connectivity index (χ0) is 21.0. The van der Waals surface area contributed by atoms with Gasteiger partial charge in [0.25, 0.3) is 5.91 Å². The molecule has 0 saturated carbocycles. The maximum absolute atomic E-state index is 12.3. The second-order valence-electron chi connectivity index (χ2n) is 6.33. The van der Waals surface area contributed by atoms with E-state index in [2.05, 4.69) is 25.6 Å². The molecule has 3 aromatic rings. The van der Waals surface area contributed by atoms with Gasteiger partial charge in [-0.2, -0.15) is 0 Å². The van der Waals surface area contributed by atoms with Gasteiger partial charge in [-0.25, -0.2) is 28.5 Å². The number of nitrogens with zero attached hydrogens (tertiary/aromatic N) is 3. The molecular weight excluding hydrogens is 412 g/mol. The molecule has 1 amide bonds. The Morgan fingerprint density at radius 1 is 1.10 bits per heavy atom. The highest BCUT2D eigenvalue weighted by Crippen LogP contribution is 2.19. The van der Waals surface area contributed by atoms with Gasteiger partial charge in [-0.3, -0.25) is 4.79 Å². The number of amides is 1. The van der Waals surface area contributed by atoms with Crippen molar-refractivity contribution in [2.45, 2.75) is 25.2 Å². The lowest BCUT2D eigenvalue weighted by molar-refractivity contribution is 0.0950. The second kappa shape index (κ2) is 8.64. The van der Waals surface area contributed by atoms with Crippen LogP contribution in [0.3, 0.4) is 0 Å². The molecule has 0 atom stereocenters. The number of carbonyl (C=O) groups is 1. The van der Waals surface area contributed by atoms with Crippen LogP contribution in [0.15, 0.2) is 40.6 Å². The van der Waals surface area contributed by atoms with Crippen LogP contribution >= 0.6 is 11.3 Å². The lowest BCUT2D eigenvalue weighted by atomic mass is 10.1. The smallest absolute Gasteiger partial charge is 0.270 e. The fourth-order valence-corrected chi connectivity index (χ4v) is 3.77. The molecule has 1 aromatic carbocycles. The molecule has 0 aliphatic rings. The summed E-state index contributed by atoms with van der Waals surface area (Å²) in [5.74, 6) is 0.142. The van der Waals surface area contributed by atoms with Crippen LogP contribution in [0.4, 0.5) is 11.1 Å². The molecule has 2 aromatic heterocycles. The predicted molar refractivity (Wildman–Crippen MR) is 111 cm³/mol. The summed E-state index contributed by atoms with van der Waals surface area (Å²) in [6, 6.07) is 8.09. The first-order chi connectivity index (χ1) is 13.7. The minimum Gasteiger partial charge on any atom is -0.350 e. The number of benzene rings is 1. The van der Waals surface area contributed by atoms with Crippen molar-refractivity contribution in [3.8, 4) is 0 Å². The molecular formula is C18H20N6O3S2. The molecule has 0 fully saturated rings. The van der Waals surface area contributed by atoms with Crippen molar-refractivity contribution in [1.82, 2.24) is 20.3 Å². The molecule has 4 N–H and O–H groups in total. The number of rotatable bonds is 7. The van der Waals surface area contributed by atoms with Crippen molar-refractivity contribution < 1.29 is 13.2 Å². The largest absolute Gasteiger partial charge is 0.350 e. The van der Waals surface area contributed by atoms with E-state index < -0.39 is 10.0 Å². The first-order valence-electron chi connectivity index (χ1n) is 8.65. The molecule has 0 saturated heterocycles. The lowest BCUT2D eigenvalue weighted by Gasteiger charge is -2.05. The van der Waals surface area contributed by atoms with Crippen LogP contribution in [0.25, 0.3) is 0 Å². The number of thiazole rings is 1. The third kappa shape index (κ3) is 5.79. The number of sulfonamides is 1. The molecule has 0 unspecified atom stereocenters. The number of nitrogens with two attached hydrogens (primary N) is 1. The molecule has 3 rings (SSSR count). The summed E-state index contributed by atoms with van der Waals surface area (Å²) >= 11 is 1.29. The summed E-state index contributed by atoms with van der Waals surface area (Å²) in [6.07, 6.45) is 0.544. The van der Waals surface area contributed by atoms with Crippen LogP contribution < -0.4 is 15.8 Å². The number of anilines is 2. The van der Waals surface area contributed by atoms with Crippen molar-refractivity contribution in [2.75, 3.05) is 11.9 Å². The predicted octanol–water partition coefficient (Wildman–Crippen LogP) is 1.91. The summed E-state index contributed by atoms with van der Waals surface area (Å²) in [4.78, 5) is 25.2. The Morgan fingerprint density at radius 3 is 2.38 bits per heavy atom. The van der Waals surface area contributed by atoms with Gasteiger partial charge in [0.2, 0.25) is 16.0 Å². The van der Waals surface area contributed by atoms with Gasteiger partial charge in [-0.1, -0.05) is 12.1 Å². The molecule has 0 bridgehead atoms. The van der Waals surface area contributed by atoms with Gasteiger partial charge in [-0.15, -0.1) is 11.3 Å². The van der Waals surface area contributed by atoms with Gasteiger partial charge in [0.15, 0.2) is 5.13 Å². The van der Waals surface area contributed by atoms with E-state index in [0.29, 0.717) is 29.7 Å². The SMILES string of the molecule is Cc1cc(C)nc(Nc2nc(C(=O)NCCc3ccc(S(N)(=O)=O)cc3)cs2)n1. The van der Waals surface area contributed by atoms with E-state index in [0.717, 1.165) is 17.0 Å². The average Bonchev–Trinajstić information content (AvgIpc) is 3.09. The number of primary sulfonamides is 1. The Morgan fingerprint density at radius 2 is 1.76 bits per heavy atom. The monoisotopic (exact) mass is 432 g/mol. The molecule has 152 valence electrons. The number of nitrogens with one attached hydrogen (secondary N) is 2. The van der Waals surface area contributed by atoms with Crippen molar-refractivity contribution in [1.29, 1.82) is 0 Å². The van der Waals surface area contributed by atoms with Gasteiger partial charge in [0.1, 0.15) is 5.69 Å². The highest BCUT2D eigenvalue weighted by atomic mass is 32.2. The molecule has 0 spiro atoms. The maximum Gasteiger partial charge on any atom is 0.270 e. The van der Waals surface area contributed by atoms with E-state index in [4.69, 9.17) is 5.14 Å². The summed E-state index contributed by atoms with van der Waals surface area (Å²) < 4.78 is 22.5. The van der Waals surface area contributed by atoms with Gasteiger partial charge in [0, 0.05) is 23.3 Å². The molecule has 0 radical (unpaired) electrons. The van der Waals surface area contributed by atoms with E-state index in [1.165, 1.54) is 23.5 Å². The Bertz CT molecular complexity index is 1110. The highest BCUT2D eigenvalue weighted by molar-refractivity contribution is 7.89. The molecule has 0 aliphatic carbocycles. The summed E-state index contributed by atoms with van der Waals surface area (Å²) in [5, 5.41) is 13.1. The Balaban J connectivity index is 1.54. The standard InChI is InChI=1S/C18H20N6O3S2/c1-11-9-12(2)22-17(21-11)24-18-23-15(10-28-18)16(25)20-8-7-13-3-5-14(6-4-13)29(19,26)27/h3-6,9-10H,7-8H2,1-2H3,(H,20,25)(H2,19,26,27)(H,21,22,23,24). The number of hydrogen-bond acceptors (Lipinski definition) is 8. The third-order valence-corrected chi connectivity index (χ3v) is 5.58. The topological polar surface area (TPSA) is 140 Å². The van der Waals surface area contributed by atoms with E-state index >= 15 is 0 Å². The molecule has 2 heterocycles. The van der Waals surface area contributed by atoms with Crippen LogP contribution in [-0.2, 0) is 16.4 Å². The Labute approximate surface area is 172 Å². The van der Waals surface area contributed by atoms with Crippen LogP contribution in [-0.4, -0.2) is 35.8 Å². The van der Waals surface area contributed by atoms with E-state index in [1.807, 2.05) is 19.9 Å². The highest BCUT2D eigenvalue weighted by Gasteiger charge is 2.12. The van der Waals surface area contributed by atoms with Crippen LogP contribution in [0.5, 0.6) is 0 Å². The Hall–Kier alpha value is -2.89. The minimum atomic E-state index is -3.71. The molecule has 9 nitrogen and oxygen atoms in total. The van der Waals surface area contributed by atoms with Crippen LogP contribution in [0, 0.1) is 13.8 Å². The number of hydrogen-bond donors (Lipinski definition) is 3. The fourth-order valence-electron chi connectivity index (χ4n) is 2.57. The van der Waals surface area contributed by atoms with Crippen molar-refractivity contribution in [3.63, 3.8) is 0 Å². The summed E-state index contributed by atoms with van der Waals surface area (Å²) in [6.45, 7) is 4.14. The summed E-state index contributed by atoms with van der Waals surface area (Å²) in [5.41, 5.74) is 2.86. The van der Waals surface area contributed by atoms with E-state index in [1.54, 1.807) is 17.5 Å². The van der Waals surface area contributed by atoms with Crippen molar-refractivity contribution in [3.05, 3.63) is 58.4 Å². The van der Waals surface area contributed by atoms with Crippen molar-refractivity contribution >= 4 is 38.3 Å². The van der Waals surface area contributed by atoms with Crippen molar-refractivity contribution in [2.24, 2.45) is 5.14 Å². The zero-order valence-corrected chi connectivity index (χ0v) is 17.5. The van der Waals surface area contributed by atoms with Gasteiger partial charge < -0.3 is 10.6 Å². The number of aryl methyl sites for hydroxylation is 2. The zero-order valence-electron chi connectivity index (χ0n) is 15.8. The lowest BCUT2D eigenvalue weighted by Crippen LogP contribution is -2.26. The fraction of sp³-hybridized carbons (Fsp3) is 0.222.